The van der Waals surface area contributed by atoms with Crippen LogP contribution < -0.4 is 10.6 Å². The van der Waals surface area contributed by atoms with Crippen LogP contribution in [0.1, 0.15) is 25.6 Å². The first kappa shape index (κ1) is 13.9. The van der Waals surface area contributed by atoms with Crippen molar-refractivity contribution in [1.82, 2.24) is 20.3 Å². The van der Waals surface area contributed by atoms with Crippen LogP contribution in [0.4, 0.5) is 5.82 Å². The summed E-state index contributed by atoms with van der Waals surface area (Å²) >= 11 is 0. The number of piperidine rings is 1. The molecule has 21 heavy (non-hydrogen) atoms. The van der Waals surface area contributed by atoms with E-state index in [0.717, 1.165) is 55.4 Å². The summed E-state index contributed by atoms with van der Waals surface area (Å²) in [5.74, 6) is 1.77. The van der Waals surface area contributed by atoms with Crippen molar-refractivity contribution in [3.05, 3.63) is 36.3 Å². The number of hydrogen-bond donors (Lipinski definition) is 2. The maximum atomic E-state index is 4.60. The number of anilines is 1. The summed E-state index contributed by atoms with van der Waals surface area (Å²) in [6.45, 7) is 4.21. The van der Waals surface area contributed by atoms with E-state index in [1.165, 1.54) is 0 Å². The van der Waals surface area contributed by atoms with E-state index < -0.39 is 0 Å². The summed E-state index contributed by atoms with van der Waals surface area (Å²) in [6.07, 6.45) is 4.87. The summed E-state index contributed by atoms with van der Waals surface area (Å²) < 4.78 is 0. The first-order chi connectivity index (χ1) is 10.3. The molecule has 1 aliphatic rings. The molecule has 0 unspecified atom stereocenters. The average Bonchev–Trinajstić information content (AvgIpc) is 2.56. The number of pyridine rings is 1. The van der Waals surface area contributed by atoms with Crippen LogP contribution in [-0.4, -0.2) is 34.1 Å². The Balaban J connectivity index is 1.86. The molecule has 0 radical (unpaired) electrons. The molecule has 0 aromatic carbocycles. The monoisotopic (exact) mass is 283 g/mol. The molecule has 3 rings (SSSR count). The topological polar surface area (TPSA) is 62.7 Å². The molecule has 0 spiro atoms. The Morgan fingerprint density at radius 2 is 2.05 bits per heavy atom. The molecule has 1 saturated heterocycles. The molecule has 2 N–H and O–H groups in total. The minimum Gasteiger partial charge on any atom is -0.367 e. The van der Waals surface area contributed by atoms with Crippen molar-refractivity contribution in [1.29, 1.82) is 0 Å². The maximum absolute atomic E-state index is 4.60. The number of nitrogens with zero attached hydrogens (tertiary/aromatic N) is 3. The molecule has 110 valence electrons. The Labute approximate surface area is 125 Å². The lowest BCUT2D eigenvalue weighted by Crippen LogP contribution is -2.35. The van der Waals surface area contributed by atoms with E-state index in [0.29, 0.717) is 6.04 Å². The fourth-order valence-electron chi connectivity index (χ4n) is 2.55. The first-order valence-electron chi connectivity index (χ1n) is 7.62. The predicted molar refractivity (Wildman–Crippen MR) is 84.2 cm³/mol. The molecule has 0 bridgehead atoms. The number of hydrogen-bond acceptors (Lipinski definition) is 5. The molecule has 5 nitrogen and oxygen atoms in total. The lowest BCUT2D eigenvalue weighted by molar-refractivity contribution is 0.478. The van der Waals surface area contributed by atoms with E-state index in [1.807, 2.05) is 24.3 Å². The third-order valence-corrected chi connectivity index (χ3v) is 3.71. The fourth-order valence-corrected chi connectivity index (χ4v) is 2.55. The normalized spacial score (nSPS) is 15.9. The van der Waals surface area contributed by atoms with Crippen molar-refractivity contribution in [3.8, 4) is 11.4 Å². The van der Waals surface area contributed by atoms with Gasteiger partial charge in [-0.05, 0) is 38.1 Å². The van der Waals surface area contributed by atoms with Crippen LogP contribution in [0, 0.1) is 0 Å². The molecular weight excluding hydrogens is 262 g/mol. The van der Waals surface area contributed by atoms with E-state index in [1.54, 1.807) is 6.20 Å². The van der Waals surface area contributed by atoms with Crippen molar-refractivity contribution < 1.29 is 0 Å². The summed E-state index contributed by atoms with van der Waals surface area (Å²) in [7, 11) is 0. The van der Waals surface area contributed by atoms with Crippen LogP contribution in [0.3, 0.4) is 0 Å². The second kappa shape index (κ2) is 6.63. The smallest absolute Gasteiger partial charge is 0.131 e. The number of nitrogens with one attached hydrogen (secondary N) is 2. The van der Waals surface area contributed by atoms with Gasteiger partial charge in [-0.1, -0.05) is 13.0 Å². The highest BCUT2D eigenvalue weighted by Crippen LogP contribution is 2.19. The second-order valence-corrected chi connectivity index (χ2v) is 5.29. The van der Waals surface area contributed by atoms with Gasteiger partial charge in [0, 0.05) is 24.7 Å². The lowest BCUT2D eigenvalue weighted by atomic mass is 10.1. The van der Waals surface area contributed by atoms with E-state index in [9.17, 15) is 0 Å². The highest BCUT2D eigenvalue weighted by atomic mass is 15.1. The molecule has 0 aliphatic carbocycles. The summed E-state index contributed by atoms with van der Waals surface area (Å²) in [5.41, 5.74) is 1.78. The van der Waals surface area contributed by atoms with Gasteiger partial charge in [-0.25, -0.2) is 9.97 Å². The minimum absolute atomic E-state index is 0.488. The summed E-state index contributed by atoms with van der Waals surface area (Å²) in [6, 6.07) is 8.37. The van der Waals surface area contributed by atoms with Crippen molar-refractivity contribution in [2.75, 3.05) is 18.4 Å². The van der Waals surface area contributed by atoms with Gasteiger partial charge in [0.05, 0.1) is 11.4 Å². The van der Waals surface area contributed by atoms with Gasteiger partial charge >= 0.3 is 0 Å². The largest absolute Gasteiger partial charge is 0.367 e. The summed E-state index contributed by atoms with van der Waals surface area (Å²) in [4.78, 5) is 13.6. The minimum atomic E-state index is 0.488. The molecule has 0 saturated carbocycles. The molecule has 5 heteroatoms. The highest BCUT2D eigenvalue weighted by Gasteiger charge is 2.14. The standard InChI is InChI=1S/C16H21N5/c1-2-15-20-14(13-5-3-4-8-18-13)11-16(21-15)19-12-6-9-17-10-7-12/h3-5,8,11-12,17H,2,6-7,9-10H2,1H3,(H,19,20,21). The third-order valence-electron chi connectivity index (χ3n) is 3.71. The Morgan fingerprint density at radius 1 is 1.19 bits per heavy atom. The van der Waals surface area contributed by atoms with Gasteiger partial charge in [-0.3, -0.25) is 4.98 Å². The Bertz CT molecular complexity index is 578. The second-order valence-electron chi connectivity index (χ2n) is 5.29. The van der Waals surface area contributed by atoms with Crippen LogP contribution in [0.25, 0.3) is 11.4 Å². The quantitative estimate of drug-likeness (QED) is 0.901. The Hall–Kier alpha value is -2.01. The molecule has 1 aliphatic heterocycles. The fraction of sp³-hybridized carbons (Fsp3) is 0.438. The highest BCUT2D eigenvalue weighted by molar-refractivity contribution is 5.58. The number of aryl methyl sites for hydroxylation is 1. The maximum Gasteiger partial charge on any atom is 0.131 e. The van der Waals surface area contributed by atoms with Gasteiger partial charge in [0.25, 0.3) is 0 Å². The number of rotatable bonds is 4. The Morgan fingerprint density at radius 3 is 2.76 bits per heavy atom. The SMILES string of the molecule is CCc1nc(NC2CCNCC2)cc(-c2ccccn2)n1. The molecule has 0 atom stereocenters. The van der Waals surface area contributed by atoms with Crippen molar-refractivity contribution in [2.45, 2.75) is 32.2 Å². The van der Waals surface area contributed by atoms with Crippen LogP contribution in [0.15, 0.2) is 30.5 Å². The van der Waals surface area contributed by atoms with Crippen LogP contribution in [0.2, 0.25) is 0 Å². The average molecular weight is 283 g/mol. The van der Waals surface area contributed by atoms with E-state index in [-0.39, 0.29) is 0 Å². The van der Waals surface area contributed by atoms with Gasteiger partial charge in [-0.15, -0.1) is 0 Å². The third kappa shape index (κ3) is 3.55. The zero-order chi connectivity index (χ0) is 14.5. The van der Waals surface area contributed by atoms with E-state index >= 15 is 0 Å². The van der Waals surface area contributed by atoms with Gasteiger partial charge in [0.1, 0.15) is 11.6 Å². The Kier molecular flexibility index (Phi) is 4.40. The van der Waals surface area contributed by atoms with E-state index in [4.69, 9.17) is 0 Å². The predicted octanol–water partition coefficient (Wildman–Crippen LogP) is 2.26. The molecule has 0 amide bonds. The van der Waals surface area contributed by atoms with Crippen LogP contribution in [0.5, 0.6) is 0 Å². The van der Waals surface area contributed by atoms with Crippen molar-refractivity contribution >= 4 is 5.82 Å². The molecular formula is C16H21N5. The molecule has 3 heterocycles. The van der Waals surface area contributed by atoms with Crippen LogP contribution in [-0.2, 0) is 6.42 Å². The molecule has 1 fully saturated rings. The van der Waals surface area contributed by atoms with E-state index in [2.05, 4.69) is 32.5 Å². The van der Waals surface area contributed by atoms with Gasteiger partial charge in [0.2, 0.25) is 0 Å². The van der Waals surface area contributed by atoms with Crippen molar-refractivity contribution in [3.63, 3.8) is 0 Å². The van der Waals surface area contributed by atoms with Gasteiger partial charge < -0.3 is 10.6 Å². The lowest BCUT2D eigenvalue weighted by Gasteiger charge is -2.24. The first-order valence-corrected chi connectivity index (χ1v) is 7.62. The van der Waals surface area contributed by atoms with Crippen molar-refractivity contribution in [2.24, 2.45) is 0 Å². The molecule has 2 aromatic heterocycles. The number of aromatic nitrogens is 3. The van der Waals surface area contributed by atoms with Gasteiger partial charge in [-0.2, -0.15) is 0 Å². The van der Waals surface area contributed by atoms with Crippen LogP contribution >= 0.6 is 0 Å². The van der Waals surface area contributed by atoms with Gasteiger partial charge in [0.15, 0.2) is 0 Å². The zero-order valence-corrected chi connectivity index (χ0v) is 12.3. The molecule has 2 aromatic rings. The summed E-state index contributed by atoms with van der Waals surface area (Å²) in [5, 5.41) is 6.92. The zero-order valence-electron chi connectivity index (χ0n) is 12.3.